The molecule has 2 aromatic rings. The molecule has 0 aliphatic rings. The Kier molecular flexibility index (Phi) is 3.53. The fourth-order valence-electron chi connectivity index (χ4n) is 1.34. The van der Waals surface area contributed by atoms with Gasteiger partial charge in [0.05, 0.1) is 10.2 Å². The molecule has 2 rings (SSSR count). The molecule has 0 unspecified atom stereocenters. The van der Waals surface area contributed by atoms with E-state index in [0.717, 1.165) is 10.2 Å². The SMILES string of the molecule is CC(=O)C(C)(C)OC(=O)Nc1nc2ccccc2s1. The Balaban J connectivity index is 2.09. The minimum absolute atomic E-state index is 0.216. The Hall–Kier alpha value is -1.95. The van der Waals surface area contributed by atoms with Crippen molar-refractivity contribution in [3.63, 3.8) is 0 Å². The van der Waals surface area contributed by atoms with Crippen molar-refractivity contribution in [2.45, 2.75) is 26.4 Å². The number of benzene rings is 1. The van der Waals surface area contributed by atoms with Gasteiger partial charge < -0.3 is 4.74 Å². The van der Waals surface area contributed by atoms with Crippen LogP contribution in [0.2, 0.25) is 0 Å². The van der Waals surface area contributed by atoms with Crippen molar-refractivity contribution >= 4 is 38.6 Å². The number of nitrogens with zero attached hydrogens (tertiary/aromatic N) is 1. The Morgan fingerprint density at radius 3 is 2.63 bits per heavy atom. The number of nitrogens with one attached hydrogen (secondary N) is 1. The van der Waals surface area contributed by atoms with Gasteiger partial charge in [0.2, 0.25) is 0 Å². The molecule has 0 fully saturated rings. The largest absolute Gasteiger partial charge is 0.435 e. The van der Waals surface area contributed by atoms with Crippen LogP contribution < -0.4 is 5.32 Å². The summed E-state index contributed by atoms with van der Waals surface area (Å²) in [4.78, 5) is 27.2. The maximum Gasteiger partial charge on any atom is 0.414 e. The number of ether oxygens (including phenoxy) is 1. The topological polar surface area (TPSA) is 68.3 Å². The molecule has 0 spiro atoms. The van der Waals surface area contributed by atoms with Crippen LogP contribution in [0.5, 0.6) is 0 Å². The number of carbonyl (C=O) groups excluding carboxylic acids is 2. The molecule has 1 N–H and O–H groups in total. The van der Waals surface area contributed by atoms with Gasteiger partial charge in [0.15, 0.2) is 16.5 Å². The van der Waals surface area contributed by atoms with Crippen molar-refractivity contribution in [1.29, 1.82) is 0 Å². The highest BCUT2D eigenvalue weighted by molar-refractivity contribution is 7.22. The molecule has 1 aromatic carbocycles. The molecule has 100 valence electrons. The summed E-state index contributed by atoms with van der Waals surface area (Å²) in [6.45, 7) is 4.48. The number of carbonyl (C=O) groups is 2. The molecule has 0 aliphatic carbocycles. The zero-order chi connectivity index (χ0) is 14.0. The molecule has 0 bridgehead atoms. The molecular weight excluding hydrogens is 264 g/mol. The minimum atomic E-state index is -1.14. The van der Waals surface area contributed by atoms with Crippen LogP contribution in [0.4, 0.5) is 9.93 Å². The summed E-state index contributed by atoms with van der Waals surface area (Å²) >= 11 is 1.35. The van der Waals surface area contributed by atoms with Gasteiger partial charge in [-0.15, -0.1) is 0 Å². The lowest BCUT2D eigenvalue weighted by atomic mass is 10.1. The smallest absolute Gasteiger partial charge is 0.414 e. The monoisotopic (exact) mass is 278 g/mol. The molecule has 0 radical (unpaired) electrons. The highest BCUT2D eigenvalue weighted by atomic mass is 32.1. The Labute approximate surface area is 114 Å². The molecular formula is C13H14N2O3S. The van der Waals surface area contributed by atoms with E-state index in [2.05, 4.69) is 10.3 Å². The zero-order valence-electron chi connectivity index (χ0n) is 10.9. The number of amides is 1. The number of rotatable bonds is 3. The molecule has 0 saturated carbocycles. The van der Waals surface area contributed by atoms with Crippen LogP contribution >= 0.6 is 11.3 Å². The molecule has 19 heavy (non-hydrogen) atoms. The third-order valence-corrected chi connectivity index (χ3v) is 3.65. The predicted molar refractivity (Wildman–Crippen MR) is 74.5 cm³/mol. The standard InChI is InChI=1S/C13H14N2O3S/c1-8(16)13(2,3)18-12(17)15-11-14-9-6-4-5-7-10(9)19-11/h4-7H,1-3H3,(H,14,15,17). The number of Topliss-reactive ketones (excluding diaryl/α,β-unsaturated/α-hetero) is 1. The van der Waals surface area contributed by atoms with Gasteiger partial charge in [-0.1, -0.05) is 23.5 Å². The van der Waals surface area contributed by atoms with Crippen LogP contribution in [-0.2, 0) is 9.53 Å². The lowest BCUT2D eigenvalue weighted by Crippen LogP contribution is -2.37. The van der Waals surface area contributed by atoms with Gasteiger partial charge >= 0.3 is 6.09 Å². The quantitative estimate of drug-likeness (QED) is 0.936. The first-order chi connectivity index (χ1) is 8.88. The average molecular weight is 278 g/mol. The number of fused-ring (bicyclic) bond motifs is 1. The first kappa shape index (κ1) is 13.5. The maximum atomic E-state index is 11.7. The summed E-state index contributed by atoms with van der Waals surface area (Å²) in [7, 11) is 0. The van der Waals surface area contributed by atoms with E-state index < -0.39 is 11.7 Å². The zero-order valence-corrected chi connectivity index (χ0v) is 11.7. The van der Waals surface area contributed by atoms with E-state index in [4.69, 9.17) is 4.74 Å². The van der Waals surface area contributed by atoms with Crippen LogP contribution in [0, 0.1) is 0 Å². The van der Waals surface area contributed by atoms with E-state index in [9.17, 15) is 9.59 Å². The highest BCUT2D eigenvalue weighted by Crippen LogP contribution is 2.25. The van der Waals surface area contributed by atoms with Crippen molar-refractivity contribution in [2.75, 3.05) is 5.32 Å². The Morgan fingerprint density at radius 1 is 1.32 bits per heavy atom. The second-order valence-electron chi connectivity index (χ2n) is 4.57. The van der Waals surface area contributed by atoms with Crippen molar-refractivity contribution in [1.82, 2.24) is 4.98 Å². The van der Waals surface area contributed by atoms with E-state index in [0.29, 0.717) is 5.13 Å². The third kappa shape index (κ3) is 3.08. The predicted octanol–water partition coefficient (Wildman–Crippen LogP) is 3.21. The van der Waals surface area contributed by atoms with Crippen molar-refractivity contribution in [3.8, 4) is 0 Å². The van der Waals surface area contributed by atoms with Gasteiger partial charge in [0.25, 0.3) is 0 Å². The van der Waals surface area contributed by atoms with E-state index >= 15 is 0 Å². The van der Waals surface area contributed by atoms with E-state index in [-0.39, 0.29) is 5.78 Å². The van der Waals surface area contributed by atoms with Gasteiger partial charge in [-0.3, -0.25) is 10.1 Å². The van der Waals surface area contributed by atoms with Gasteiger partial charge in [0.1, 0.15) is 0 Å². The summed E-state index contributed by atoms with van der Waals surface area (Å²) in [5.74, 6) is -0.216. The number of thiazole rings is 1. The lowest BCUT2D eigenvalue weighted by molar-refractivity contribution is -0.131. The van der Waals surface area contributed by atoms with Crippen LogP contribution in [0.1, 0.15) is 20.8 Å². The fraction of sp³-hybridized carbons (Fsp3) is 0.308. The minimum Gasteiger partial charge on any atom is -0.435 e. The maximum absolute atomic E-state index is 11.7. The van der Waals surface area contributed by atoms with Gasteiger partial charge in [0, 0.05) is 0 Å². The Bertz CT molecular complexity index is 601. The van der Waals surface area contributed by atoms with Gasteiger partial charge in [-0.2, -0.15) is 0 Å². The number of hydrogen-bond donors (Lipinski definition) is 1. The summed E-state index contributed by atoms with van der Waals surface area (Å²) in [6.07, 6.45) is -0.681. The molecule has 1 heterocycles. The molecule has 0 saturated heterocycles. The molecule has 6 heteroatoms. The van der Waals surface area contributed by atoms with Crippen molar-refractivity contribution < 1.29 is 14.3 Å². The Morgan fingerprint density at radius 2 is 2.00 bits per heavy atom. The summed E-state index contributed by atoms with van der Waals surface area (Å²) in [6, 6.07) is 7.56. The number of anilines is 1. The first-order valence-corrected chi connectivity index (χ1v) is 6.57. The van der Waals surface area contributed by atoms with Crippen molar-refractivity contribution in [2.24, 2.45) is 0 Å². The molecule has 5 nitrogen and oxygen atoms in total. The van der Waals surface area contributed by atoms with E-state index in [1.807, 2.05) is 24.3 Å². The summed E-state index contributed by atoms with van der Waals surface area (Å²) in [5, 5.41) is 2.99. The molecule has 0 aliphatic heterocycles. The van der Waals surface area contributed by atoms with Crippen LogP contribution in [0.25, 0.3) is 10.2 Å². The van der Waals surface area contributed by atoms with E-state index in [1.54, 1.807) is 13.8 Å². The number of para-hydroxylation sites is 1. The highest BCUT2D eigenvalue weighted by Gasteiger charge is 2.28. The van der Waals surface area contributed by atoms with Crippen LogP contribution in [-0.4, -0.2) is 22.5 Å². The van der Waals surface area contributed by atoms with Crippen LogP contribution in [0.3, 0.4) is 0 Å². The lowest BCUT2D eigenvalue weighted by Gasteiger charge is -2.21. The normalized spacial score (nSPS) is 11.3. The number of hydrogen-bond acceptors (Lipinski definition) is 5. The number of aromatic nitrogens is 1. The van der Waals surface area contributed by atoms with Crippen molar-refractivity contribution in [3.05, 3.63) is 24.3 Å². The summed E-state index contributed by atoms with van der Waals surface area (Å²) < 4.78 is 6.04. The third-order valence-electron chi connectivity index (χ3n) is 2.70. The molecule has 1 aromatic heterocycles. The summed E-state index contributed by atoms with van der Waals surface area (Å²) in [5.41, 5.74) is -0.325. The van der Waals surface area contributed by atoms with E-state index in [1.165, 1.54) is 18.3 Å². The fourth-order valence-corrected chi connectivity index (χ4v) is 2.19. The molecule has 1 amide bonds. The second kappa shape index (κ2) is 4.97. The van der Waals surface area contributed by atoms with Gasteiger partial charge in [-0.25, -0.2) is 9.78 Å². The molecule has 0 atom stereocenters. The first-order valence-electron chi connectivity index (χ1n) is 5.75. The number of ketones is 1. The van der Waals surface area contributed by atoms with Gasteiger partial charge in [-0.05, 0) is 32.9 Å². The second-order valence-corrected chi connectivity index (χ2v) is 5.60. The van der Waals surface area contributed by atoms with Crippen LogP contribution in [0.15, 0.2) is 24.3 Å². The average Bonchev–Trinajstić information content (AvgIpc) is 2.69.